The molecule has 2 heterocycles. The van der Waals surface area contributed by atoms with E-state index in [1.165, 1.54) is 5.56 Å². The van der Waals surface area contributed by atoms with E-state index in [2.05, 4.69) is 30.2 Å². The van der Waals surface area contributed by atoms with E-state index in [1.54, 1.807) is 0 Å². The molecule has 0 radical (unpaired) electrons. The van der Waals surface area contributed by atoms with Gasteiger partial charge in [-0.2, -0.15) is 0 Å². The van der Waals surface area contributed by atoms with Crippen LogP contribution in [0.2, 0.25) is 0 Å². The second-order valence-corrected chi connectivity index (χ2v) is 8.82. The highest BCUT2D eigenvalue weighted by Gasteiger charge is 2.43. The van der Waals surface area contributed by atoms with Gasteiger partial charge in [-0.25, -0.2) is 0 Å². The molecule has 0 spiro atoms. The van der Waals surface area contributed by atoms with Crippen molar-refractivity contribution in [1.82, 2.24) is 9.80 Å². The molecule has 0 N–H and O–H groups in total. The summed E-state index contributed by atoms with van der Waals surface area (Å²) < 4.78 is 0. The van der Waals surface area contributed by atoms with Gasteiger partial charge < -0.3 is 9.80 Å². The van der Waals surface area contributed by atoms with Crippen molar-refractivity contribution in [3.8, 4) is 0 Å². The number of carbonyl (C=O) groups excluding carboxylic acids is 2. The minimum Gasteiger partial charge on any atom is -0.342 e. The summed E-state index contributed by atoms with van der Waals surface area (Å²) >= 11 is 0. The molecule has 0 aromatic heterocycles. The zero-order valence-electron chi connectivity index (χ0n) is 18.2. The van der Waals surface area contributed by atoms with Crippen molar-refractivity contribution in [2.75, 3.05) is 19.6 Å². The number of hydrogen-bond donors (Lipinski definition) is 0. The molecular weight excluding hydrogens is 372 g/mol. The first kappa shape index (κ1) is 22.3. The molecule has 2 amide bonds. The third-order valence-corrected chi connectivity index (χ3v) is 6.75. The van der Waals surface area contributed by atoms with Gasteiger partial charge in [0.15, 0.2) is 0 Å². The highest BCUT2D eigenvalue weighted by atomic mass is 16.2. The smallest absolute Gasteiger partial charge is 0.227 e. The summed E-state index contributed by atoms with van der Waals surface area (Å²) in [5.41, 5.74) is 1.11. The predicted octanol–water partition coefficient (Wildman–Crippen LogP) is 4.76. The zero-order chi connectivity index (χ0) is 21.4. The van der Waals surface area contributed by atoms with E-state index in [4.69, 9.17) is 0 Å². The number of benzene rings is 1. The quantitative estimate of drug-likeness (QED) is 0.553. The Bertz CT molecular complexity index is 733. The van der Waals surface area contributed by atoms with Crippen molar-refractivity contribution >= 4 is 11.8 Å². The number of rotatable bonds is 9. The van der Waals surface area contributed by atoms with Gasteiger partial charge in [0.05, 0.1) is 5.92 Å². The van der Waals surface area contributed by atoms with Crippen LogP contribution in [-0.2, 0) is 16.0 Å². The molecule has 162 valence electrons. The standard InChI is InChI=1S/C26H36N2O2/c1-3-16-26(17-4-2)18-8-9-20-28(26)25(30)23-14-15-24(29)27(21-23)19-10-13-22-11-6-5-7-12-22/h3-7,11-12,23H,1-2,8-10,13-21H2/t23-/m1/s1. The molecule has 2 fully saturated rings. The van der Waals surface area contributed by atoms with Crippen LogP contribution in [0.5, 0.6) is 0 Å². The lowest BCUT2D eigenvalue weighted by Gasteiger charge is -2.49. The number of likely N-dealkylation sites (tertiary alicyclic amines) is 2. The van der Waals surface area contributed by atoms with Crippen LogP contribution >= 0.6 is 0 Å². The lowest BCUT2D eigenvalue weighted by atomic mass is 9.79. The van der Waals surface area contributed by atoms with Crippen molar-refractivity contribution in [3.05, 3.63) is 61.2 Å². The molecule has 0 aliphatic carbocycles. The highest BCUT2D eigenvalue weighted by Crippen LogP contribution is 2.37. The van der Waals surface area contributed by atoms with Crippen LogP contribution in [0.25, 0.3) is 0 Å². The van der Waals surface area contributed by atoms with Gasteiger partial charge in [-0.3, -0.25) is 9.59 Å². The fourth-order valence-corrected chi connectivity index (χ4v) is 5.16. The average molecular weight is 409 g/mol. The summed E-state index contributed by atoms with van der Waals surface area (Å²) in [6, 6.07) is 10.4. The van der Waals surface area contributed by atoms with Crippen LogP contribution in [0.4, 0.5) is 0 Å². The molecule has 4 heteroatoms. The van der Waals surface area contributed by atoms with Crippen LogP contribution < -0.4 is 0 Å². The van der Waals surface area contributed by atoms with E-state index < -0.39 is 0 Å². The number of amides is 2. The number of piperidine rings is 2. The van der Waals surface area contributed by atoms with E-state index in [9.17, 15) is 9.59 Å². The maximum absolute atomic E-state index is 13.6. The van der Waals surface area contributed by atoms with Crippen molar-refractivity contribution in [2.45, 2.75) is 63.3 Å². The topological polar surface area (TPSA) is 40.6 Å². The lowest BCUT2D eigenvalue weighted by molar-refractivity contribution is -0.149. The Balaban J connectivity index is 1.63. The SMILES string of the molecule is C=CCC1(CC=C)CCCCN1C(=O)[C@@H]1CCC(=O)N(CCCc2ccccc2)C1. The van der Waals surface area contributed by atoms with Crippen LogP contribution in [0.1, 0.15) is 56.9 Å². The Morgan fingerprint density at radius 2 is 1.87 bits per heavy atom. The van der Waals surface area contributed by atoms with Crippen LogP contribution in [0.3, 0.4) is 0 Å². The molecule has 30 heavy (non-hydrogen) atoms. The molecular formula is C26H36N2O2. The van der Waals surface area contributed by atoms with Crippen molar-refractivity contribution < 1.29 is 9.59 Å². The molecule has 0 saturated carbocycles. The van der Waals surface area contributed by atoms with E-state index in [-0.39, 0.29) is 23.3 Å². The van der Waals surface area contributed by atoms with Gasteiger partial charge in [-0.1, -0.05) is 42.5 Å². The first-order valence-electron chi connectivity index (χ1n) is 11.4. The molecule has 2 aliphatic heterocycles. The van der Waals surface area contributed by atoms with Gasteiger partial charge in [0.2, 0.25) is 11.8 Å². The van der Waals surface area contributed by atoms with Gasteiger partial charge in [-0.05, 0) is 56.9 Å². The summed E-state index contributed by atoms with van der Waals surface area (Å²) in [6.45, 7) is 9.97. The third kappa shape index (κ3) is 5.21. The zero-order valence-corrected chi connectivity index (χ0v) is 18.2. The third-order valence-electron chi connectivity index (χ3n) is 6.75. The maximum atomic E-state index is 13.6. The fraction of sp³-hybridized carbons (Fsp3) is 0.538. The molecule has 2 saturated heterocycles. The van der Waals surface area contributed by atoms with Crippen molar-refractivity contribution in [1.29, 1.82) is 0 Å². The summed E-state index contributed by atoms with van der Waals surface area (Å²) in [5.74, 6) is 0.319. The molecule has 0 bridgehead atoms. The molecule has 3 rings (SSSR count). The van der Waals surface area contributed by atoms with Crippen molar-refractivity contribution in [2.24, 2.45) is 5.92 Å². The summed E-state index contributed by atoms with van der Waals surface area (Å²) in [4.78, 5) is 30.1. The monoisotopic (exact) mass is 408 g/mol. The normalized spacial score (nSPS) is 21.3. The van der Waals surface area contributed by atoms with Crippen molar-refractivity contribution in [3.63, 3.8) is 0 Å². The Labute approximate surface area is 181 Å². The Morgan fingerprint density at radius 3 is 2.57 bits per heavy atom. The first-order chi connectivity index (χ1) is 14.6. The van der Waals surface area contributed by atoms with Crippen LogP contribution in [0.15, 0.2) is 55.6 Å². The molecule has 0 unspecified atom stereocenters. The van der Waals surface area contributed by atoms with Gasteiger partial charge in [0.25, 0.3) is 0 Å². The number of carbonyl (C=O) groups is 2. The molecule has 1 aromatic carbocycles. The number of aryl methyl sites for hydroxylation is 1. The van der Waals surface area contributed by atoms with E-state index in [0.29, 0.717) is 19.4 Å². The van der Waals surface area contributed by atoms with E-state index >= 15 is 0 Å². The summed E-state index contributed by atoms with van der Waals surface area (Å²) in [5, 5.41) is 0. The number of nitrogens with zero attached hydrogens (tertiary/aromatic N) is 2. The van der Waals surface area contributed by atoms with E-state index in [0.717, 1.165) is 58.0 Å². The minimum absolute atomic E-state index is 0.0912. The number of hydrogen-bond acceptors (Lipinski definition) is 2. The molecule has 4 nitrogen and oxygen atoms in total. The Hall–Kier alpha value is -2.36. The highest BCUT2D eigenvalue weighted by molar-refractivity contribution is 5.84. The van der Waals surface area contributed by atoms with E-state index in [1.807, 2.05) is 35.3 Å². The second-order valence-electron chi connectivity index (χ2n) is 8.82. The lowest BCUT2D eigenvalue weighted by Crippen LogP contribution is -2.57. The van der Waals surface area contributed by atoms with Gasteiger partial charge in [-0.15, -0.1) is 13.2 Å². The Kier molecular flexibility index (Phi) is 7.89. The fourth-order valence-electron chi connectivity index (χ4n) is 5.16. The van der Waals surface area contributed by atoms with Crippen LogP contribution in [-0.4, -0.2) is 46.8 Å². The summed E-state index contributed by atoms with van der Waals surface area (Å²) in [7, 11) is 0. The van der Waals surface area contributed by atoms with Gasteiger partial charge in [0.1, 0.15) is 0 Å². The van der Waals surface area contributed by atoms with Gasteiger partial charge >= 0.3 is 0 Å². The maximum Gasteiger partial charge on any atom is 0.227 e. The second kappa shape index (κ2) is 10.6. The molecule has 1 aromatic rings. The van der Waals surface area contributed by atoms with Gasteiger partial charge in [0, 0.05) is 31.6 Å². The molecule has 2 aliphatic rings. The Morgan fingerprint density at radius 1 is 1.13 bits per heavy atom. The minimum atomic E-state index is -0.182. The molecule has 1 atom stereocenters. The van der Waals surface area contributed by atoms with Crippen LogP contribution in [0, 0.1) is 5.92 Å². The largest absolute Gasteiger partial charge is 0.342 e. The average Bonchev–Trinajstić information content (AvgIpc) is 2.76. The first-order valence-corrected chi connectivity index (χ1v) is 11.4. The summed E-state index contributed by atoms with van der Waals surface area (Å²) in [6.07, 6.45) is 11.7. The predicted molar refractivity (Wildman–Crippen MR) is 122 cm³/mol.